The number of aliphatic imine (C=N–C) groups is 1. The molecule has 0 unspecified atom stereocenters. The molecule has 0 amide bonds. The van der Waals surface area contributed by atoms with E-state index in [-0.39, 0.29) is 5.41 Å². The van der Waals surface area contributed by atoms with Crippen LogP contribution in [0, 0.1) is 12.3 Å². The van der Waals surface area contributed by atoms with Crippen molar-refractivity contribution in [3.05, 3.63) is 29.3 Å². The first-order valence-corrected chi connectivity index (χ1v) is 7.72. The van der Waals surface area contributed by atoms with Crippen molar-refractivity contribution in [3.8, 4) is 5.75 Å². The molecule has 1 aromatic carbocycles. The summed E-state index contributed by atoms with van der Waals surface area (Å²) in [5, 5.41) is 6.71. The molecule has 1 saturated heterocycles. The second-order valence-corrected chi connectivity index (χ2v) is 6.21. The van der Waals surface area contributed by atoms with Crippen LogP contribution >= 0.6 is 0 Å². The van der Waals surface area contributed by atoms with Gasteiger partial charge in [0, 0.05) is 25.6 Å². The Morgan fingerprint density at radius 1 is 1.36 bits per heavy atom. The molecule has 5 nitrogen and oxygen atoms in total. The van der Waals surface area contributed by atoms with Gasteiger partial charge < -0.3 is 20.1 Å². The molecule has 0 spiro atoms. The number of rotatable bonds is 6. The average molecular weight is 305 g/mol. The summed E-state index contributed by atoms with van der Waals surface area (Å²) in [6.45, 7) is 7.62. The van der Waals surface area contributed by atoms with E-state index in [0.29, 0.717) is 0 Å². The highest BCUT2D eigenvalue weighted by Gasteiger charge is 2.33. The standard InChI is InChI=1S/C17H27N3O2/c1-13-5-6-14(9-15(13)21-4)7-8-19-16(18-3)20-10-17(2)11-22-12-17/h5-6,9H,7-8,10-12H2,1-4H3,(H2,18,19,20). The van der Waals surface area contributed by atoms with Gasteiger partial charge >= 0.3 is 0 Å². The lowest BCUT2D eigenvalue weighted by atomic mass is 9.89. The van der Waals surface area contributed by atoms with Crippen molar-refractivity contribution in [2.45, 2.75) is 20.3 Å². The Bertz CT molecular complexity index is 525. The van der Waals surface area contributed by atoms with E-state index >= 15 is 0 Å². The van der Waals surface area contributed by atoms with Gasteiger partial charge in [-0.3, -0.25) is 4.99 Å². The lowest BCUT2D eigenvalue weighted by Gasteiger charge is -2.38. The topological polar surface area (TPSA) is 54.9 Å². The minimum atomic E-state index is 0.238. The van der Waals surface area contributed by atoms with Gasteiger partial charge in [-0.05, 0) is 30.5 Å². The first-order valence-electron chi connectivity index (χ1n) is 7.72. The van der Waals surface area contributed by atoms with Crippen LogP contribution < -0.4 is 15.4 Å². The first-order chi connectivity index (χ1) is 10.6. The van der Waals surface area contributed by atoms with Gasteiger partial charge in [-0.15, -0.1) is 0 Å². The lowest BCUT2D eigenvalue weighted by molar-refractivity contribution is -0.0971. The molecule has 2 rings (SSSR count). The van der Waals surface area contributed by atoms with Gasteiger partial charge in [0.2, 0.25) is 0 Å². The largest absolute Gasteiger partial charge is 0.496 e. The summed E-state index contributed by atoms with van der Waals surface area (Å²) < 4.78 is 10.6. The van der Waals surface area contributed by atoms with Crippen LogP contribution in [-0.4, -0.2) is 46.4 Å². The van der Waals surface area contributed by atoms with Crippen LogP contribution in [0.1, 0.15) is 18.1 Å². The molecule has 1 aromatic rings. The smallest absolute Gasteiger partial charge is 0.191 e. The molecule has 122 valence electrons. The van der Waals surface area contributed by atoms with Crippen molar-refractivity contribution >= 4 is 5.96 Å². The molecule has 0 aromatic heterocycles. The highest BCUT2D eigenvalue weighted by Crippen LogP contribution is 2.24. The highest BCUT2D eigenvalue weighted by atomic mass is 16.5. The fourth-order valence-electron chi connectivity index (χ4n) is 2.42. The number of hydrogen-bond donors (Lipinski definition) is 2. The predicted molar refractivity (Wildman–Crippen MR) is 89.7 cm³/mol. The van der Waals surface area contributed by atoms with Crippen molar-refractivity contribution < 1.29 is 9.47 Å². The zero-order chi connectivity index (χ0) is 16.0. The maximum absolute atomic E-state index is 5.36. The number of aryl methyl sites for hydroxylation is 1. The number of nitrogens with zero attached hydrogens (tertiary/aromatic N) is 1. The van der Waals surface area contributed by atoms with Crippen LogP contribution in [0.2, 0.25) is 0 Å². The quantitative estimate of drug-likeness (QED) is 0.621. The molecule has 0 atom stereocenters. The van der Waals surface area contributed by atoms with Gasteiger partial charge in [0.15, 0.2) is 5.96 Å². The van der Waals surface area contributed by atoms with E-state index in [4.69, 9.17) is 9.47 Å². The van der Waals surface area contributed by atoms with E-state index in [1.807, 2.05) is 0 Å². The minimum absolute atomic E-state index is 0.238. The fourth-order valence-corrected chi connectivity index (χ4v) is 2.42. The van der Waals surface area contributed by atoms with Gasteiger partial charge in [0.25, 0.3) is 0 Å². The Labute approximate surface area is 133 Å². The Kier molecular flexibility index (Phi) is 5.66. The Balaban J connectivity index is 1.76. The molecule has 0 aliphatic carbocycles. The van der Waals surface area contributed by atoms with E-state index in [9.17, 15) is 0 Å². The molecule has 22 heavy (non-hydrogen) atoms. The van der Waals surface area contributed by atoms with Crippen molar-refractivity contribution in [1.29, 1.82) is 0 Å². The predicted octanol–water partition coefficient (Wildman–Crippen LogP) is 1.75. The van der Waals surface area contributed by atoms with Gasteiger partial charge in [0.1, 0.15) is 5.75 Å². The third-order valence-corrected chi connectivity index (χ3v) is 3.99. The molecular weight excluding hydrogens is 278 g/mol. The second-order valence-electron chi connectivity index (χ2n) is 6.21. The van der Waals surface area contributed by atoms with Crippen LogP contribution in [0.15, 0.2) is 23.2 Å². The molecule has 1 aliphatic heterocycles. The van der Waals surface area contributed by atoms with E-state index < -0.39 is 0 Å². The van der Waals surface area contributed by atoms with Crippen molar-refractivity contribution in [3.63, 3.8) is 0 Å². The molecule has 1 aliphatic rings. The molecule has 0 bridgehead atoms. The summed E-state index contributed by atoms with van der Waals surface area (Å²) in [6.07, 6.45) is 0.928. The minimum Gasteiger partial charge on any atom is -0.496 e. The average Bonchev–Trinajstić information content (AvgIpc) is 2.50. The SMILES string of the molecule is CN=C(NCCc1ccc(C)c(OC)c1)NCC1(C)COC1. The number of benzene rings is 1. The van der Waals surface area contributed by atoms with Gasteiger partial charge in [0.05, 0.1) is 20.3 Å². The summed E-state index contributed by atoms with van der Waals surface area (Å²) in [7, 11) is 3.50. The van der Waals surface area contributed by atoms with Crippen LogP contribution in [0.5, 0.6) is 5.75 Å². The molecule has 2 N–H and O–H groups in total. The molecule has 0 saturated carbocycles. The number of ether oxygens (including phenoxy) is 2. The number of hydrogen-bond acceptors (Lipinski definition) is 3. The van der Waals surface area contributed by atoms with Gasteiger partial charge in [-0.25, -0.2) is 0 Å². The molecule has 0 radical (unpaired) electrons. The molecular formula is C17H27N3O2. The van der Waals surface area contributed by atoms with E-state index in [2.05, 4.69) is 47.7 Å². The van der Waals surface area contributed by atoms with E-state index in [1.165, 1.54) is 5.56 Å². The number of nitrogens with one attached hydrogen (secondary N) is 2. The van der Waals surface area contributed by atoms with Crippen molar-refractivity contribution in [2.75, 3.05) is 40.5 Å². The Hall–Kier alpha value is -1.75. The van der Waals surface area contributed by atoms with E-state index in [1.54, 1.807) is 14.2 Å². The maximum Gasteiger partial charge on any atom is 0.191 e. The zero-order valence-electron chi connectivity index (χ0n) is 14.0. The first kappa shape index (κ1) is 16.6. The summed E-state index contributed by atoms with van der Waals surface area (Å²) in [5.74, 6) is 1.78. The Morgan fingerprint density at radius 2 is 2.14 bits per heavy atom. The van der Waals surface area contributed by atoms with Gasteiger partial charge in [-0.2, -0.15) is 0 Å². The summed E-state index contributed by atoms with van der Waals surface area (Å²) >= 11 is 0. The summed E-state index contributed by atoms with van der Waals surface area (Å²) in [5.41, 5.74) is 2.65. The fraction of sp³-hybridized carbons (Fsp3) is 0.588. The van der Waals surface area contributed by atoms with Crippen LogP contribution in [0.25, 0.3) is 0 Å². The monoisotopic (exact) mass is 305 g/mol. The van der Waals surface area contributed by atoms with Crippen LogP contribution in [-0.2, 0) is 11.2 Å². The molecule has 1 fully saturated rings. The van der Waals surface area contributed by atoms with Crippen LogP contribution in [0.4, 0.5) is 0 Å². The van der Waals surface area contributed by atoms with Crippen LogP contribution in [0.3, 0.4) is 0 Å². The molecule has 1 heterocycles. The number of guanidine groups is 1. The third kappa shape index (κ3) is 4.37. The lowest BCUT2D eigenvalue weighted by Crippen LogP contribution is -2.51. The van der Waals surface area contributed by atoms with E-state index in [0.717, 1.165) is 50.0 Å². The highest BCUT2D eigenvalue weighted by molar-refractivity contribution is 5.79. The third-order valence-electron chi connectivity index (χ3n) is 3.99. The Morgan fingerprint density at radius 3 is 2.73 bits per heavy atom. The second kappa shape index (κ2) is 7.49. The van der Waals surface area contributed by atoms with Gasteiger partial charge in [-0.1, -0.05) is 19.1 Å². The van der Waals surface area contributed by atoms with Crippen molar-refractivity contribution in [2.24, 2.45) is 10.4 Å². The zero-order valence-corrected chi connectivity index (χ0v) is 14.0. The molecule has 5 heteroatoms. The van der Waals surface area contributed by atoms with Crippen molar-refractivity contribution in [1.82, 2.24) is 10.6 Å². The maximum atomic E-state index is 5.36. The summed E-state index contributed by atoms with van der Waals surface area (Å²) in [6, 6.07) is 6.33. The summed E-state index contributed by atoms with van der Waals surface area (Å²) in [4.78, 5) is 4.26. The number of methoxy groups -OCH3 is 1. The normalized spacial score (nSPS) is 16.8.